The Kier molecular flexibility index (Phi) is 4.81. The van der Waals surface area contributed by atoms with Crippen molar-refractivity contribution in [2.75, 3.05) is 26.2 Å². The highest BCUT2D eigenvalue weighted by Crippen LogP contribution is 2.51. The van der Waals surface area contributed by atoms with Gasteiger partial charge in [0.05, 0.1) is 5.41 Å². The molecular formula is C25H25N3O4. The molecule has 1 aromatic heterocycles. The molecule has 0 saturated heterocycles. The fraction of sp³-hybridized carbons (Fsp3) is 0.240. The lowest BCUT2D eigenvalue weighted by molar-refractivity contribution is -0.118. The first-order chi connectivity index (χ1) is 15.5. The number of pyridine rings is 1. The Hall–Kier alpha value is -3.87. The van der Waals surface area contributed by atoms with Crippen LogP contribution in [0.25, 0.3) is 11.1 Å². The number of aromatic nitrogens is 1. The quantitative estimate of drug-likeness (QED) is 0.658. The number of fused-ring (bicyclic) bond motifs is 1. The molecule has 3 aromatic rings. The molecule has 1 aliphatic heterocycles. The maximum Gasteiger partial charge on any atom is 0.253 e. The Bertz CT molecular complexity index is 1190. The summed E-state index contributed by atoms with van der Waals surface area (Å²) in [5, 5.41) is 2.95. The number of hydrogen-bond acceptors (Lipinski definition) is 5. The highest BCUT2D eigenvalue weighted by Gasteiger charge is 2.51. The highest BCUT2D eigenvalue weighted by molar-refractivity contribution is 6.01. The Morgan fingerprint density at radius 1 is 0.969 bits per heavy atom. The smallest absolute Gasteiger partial charge is 0.253 e. The molecule has 2 aliphatic rings. The van der Waals surface area contributed by atoms with E-state index >= 15 is 0 Å². The summed E-state index contributed by atoms with van der Waals surface area (Å²) < 4.78 is 10.8. The number of anilines is 1. The van der Waals surface area contributed by atoms with E-state index in [4.69, 9.17) is 9.47 Å². The number of carbonyl (C=O) groups excluding carboxylic acids is 2. The normalized spacial score (nSPS) is 15.2. The van der Waals surface area contributed by atoms with Crippen molar-refractivity contribution in [1.29, 1.82) is 0 Å². The van der Waals surface area contributed by atoms with Crippen LogP contribution in [0, 0.1) is 0 Å². The number of benzene rings is 2. The first-order valence-electron chi connectivity index (χ1n) is 10.5. The van der Waals surface area contributed by atoms with Crippen molar-refractivity contribution >= 4 is 17.6 Å². The first-order valence-corrected chi connectivity index (χ1v) is 10.5. The molecule has 0 spiro atoms. The second kappa shape index (κ2) is 7.67. The van der Waals surface area contributed by atoms with Crippen LogP contribution in [-0.2, 0) is 10.2 Å². The van der Waals surface area contributed by atoms with Gasteiger partial charge in [-0.1, -0.05) is 18.2 Å². The molecule has 164 valence electrons. The highest BCUT2D eigenvalue weighted by atomic mass is 16.7. The van der Waals surface area contributed by atoms with Crippen molar-refractivity contribution in [2.45, 2.75) is 18.3 Å². The summed E-state index contributed by atoms with van der Waals surface area (Å²) >= 11 is 0. The van der Waals surface area contributed by atoms with Gasteiger partial charge in [0, 0.05) is 32.8 Å². The van der Waals surface area contributed by atoms with Crippen molar-refractivity contribution in [3.8, 4) is 22.6 Å². The van der Waals surface area contributed by atoms with Gasteiger partial charge >= 0.3 is 0 Å². The largest absolute Gasteiger partial charge is 0.454 e. The van der Waals surface area contributed by atoms with E-state index in [2.05, 4.69) is 10.3 Å². The average molecular weight is 431 g/mol. The zero-order chi connectivity index (χ0) is 22.3. The molecule has 2 heterocycles. The standard InChI is InChI=1S/C25H23N3O4.H2/c1-28(2)23(29)17-5-3-16(4-6-17)18-7-10-22(26-14-18)27-24(30)25(11-12-25)19-8-9-20-21(13-19)32-15-31-20;/h3-10,13-14H,11-12,15H2,1-2H3,(H,26,27,30);1H. The van der Waals surface area contributed by atoms with Crippen LogP contribution in [0.15, 0.2) is 60.8 Å². The van der Waals surface area contributed by atoms with Crippen molar-refractivity contribution in [3.63, 3.8) is 0 Å². The number of carbonyl (C=O) groups is 2. The number of nitrogens with one attached hydrogen (secondary N) is 1. The van der Waals surface area contributed by atoms with E-state index in [1.54, 1.807) is 43.4 Å². The number of amides is 2. The molecular weight excluding hydrogens is 406 g/mol. The van der Waals surface area contributed by atoms with Gasteiger partial charge in [0.15, 0.2) is 11.5 Å². The second-order valence-corrected chi connectivity index (χ2v) is 8.31. The molecule has 0 unspecified atom stereocenters. The molecule has 1 saturated carbocycles. The van der Waals surface area contributed by atoms with Gasteiger partial charge in [-0.25, -0.2) is 4.98 Å². The molecule has 1 aliphatic carbocycles. The molecule has 1 fully saturated rings. The van der Waals surface area contributed by atoms with Crippen LogP contribution in [0.5, 0.6) is 11.5 Å². The van der Waals surface area contributed by atoms with Gasteiger partial charge in [-0.05, 0) is 60.4 Å². The van der Waals surface area contributed by atoms with E-state index in [1.165, 1.54) is 0 Å². The van der Waals surface area contributed by atoms with Crippen molar-refractivity contribution in [3.05, 3.63) is 71.9 Å². The lowest BCUT2D eigenvalue weighted by Crippen LogP contribution is -2.28. The van der Waals surface area contributed by atoms with Crippen molar-refractivity contribution < 1.29 is 20.5 Å². The first kappa shape index (κ1) is 20.1. The van der Waals surface area contributed by atoms with E-state index in [1.807, 2.05) is 36.4 Å². The summed E-state index contributed by atoms with van der Waals surface area (Å²) in [5.74, 6) is 1.79. The number of hydrogen-bond donors (Lipinski definition) is 1. The van der Waals surface area contributed by atoms with Crippen LogP contribution in [-0.4, -0.2) is 42.6 Å². The molecule has 5 rings (SSSR count). The topological polar surface area (TPSA) is 80.8 Å². The predicted octanol–water partition coefficient (Wildman–Crippen LogP) is 4.10. The van der Waals surface area contributed by atoms with Gasteiger partial charge in [0.2, 0.25) is 12.7 Å². The molecule has 0 bridgehead atoms. The summed E-state index contributed by atoms with van der Waals surface area (Å²) in [6.45, 7) is 0.211. The van der Waals surface area contributed by atoms with Crippen LogP contribution in [0.3, 0.4) is 0 Å². The summed E-state index contributed by atoms with van der Waals surface area (Å²) in [5.41, 5.74) is 2.88. The predicted molar refractivity (Wildman–Crippen MR) is 122 cm³/mol. The number of ether oxygens (including phenoxy) is 2. The van der Waals surface area contributed by atoms with Gasteiger partial charge < -0.3 is 19.7 Å². The molecule has 7 heteroatoms. The number of nitrogens with zero attached hydrogens (tertiary/aromatic N) is 2. The van der Waals surface area contributed by atoms with E-state index in [0.29, 0.717) is 22.9 Å². The Morgan fingerprint density at radius 3 is 2.34 bits per heavy atom. The fourth-order valence-electron chi connectivity index (χ4n) is 3.90. The molecule has 2 amide bonds. The van der Waals surface area contributed by atoms with Crippen molar-refractivity contribution in [1.82, 2.24) is 9.88 Å². The van der Waals surface area contributed by atoms with E-state index < -0.39 is 5.41 Å². The van der Waals surface area contributed by atoms with Crippen LogP contribution in [0.2, 0.25) is 0 Å². The maximum absolute atomic E-state index is 13.0. The minimum Gasteiger partial charge on any atom is -0.454 e. The Morgan fingerprint density at radius 2 is 1.69 bits per heavy atom. The molecule has 0 atom stereocenters. The molecule has 0 radical (unpaired) electrons. The monoisotopic (exact) mass is 431 g/mol. The average Bonchev–Trinajstić information content (AvgIpc) is 3.50. The van der Waals surface area contributed by atoms with Gasteiger partial charge in [0.1, 0.15) is 5.82 Å². The SMILES string of the molecule is CN(C)C(=O)c1ccc(-c2ccc(NC(=O)C3(c4ccc5c(c4)OCO5)CC3)nc2)cc1.[HH]. The van der Waals surface area contributed by atoms with Gasteiger partial charge in [-0.2, -0.15) is 0 Å². The molecule has 1 N–H and O–H groups in total. The molecule has 32 heavy (non-hydrogen) atoms. The fourth-order valence-corrected chi connectivity index (χ4v) is 3.90. The minimum absolute atomic E-state index is 0. The van der Waals surface area contributed by atoms with Gasteiger partial charge in [-0.15, -0.1) is 0 Å². The summed E-state index contributed by atoms with van der Waals surface area (Å²) in [6.07, 6.45) is 3.29. The van der Waals surface area contributed by atoms with Crippen LogP contribution >= 0.6 is 0 Å². The third-order valence-corrected chi connectivity index (χ3v) is 5.99. The Labute approximate surface area is 187 Å². The Balaban J connectivity index is 0.00000259. The third-order valence-electron chi connectivity index (χ3n) is 5.99. The summed E-state index contributed by atoms with van der Waals surface area (Å²) in [7, 11) is 3.46. The summed E-state index contributed by atoms with van der Waals surface area (Å²) in [4.78, 5) is 31.1. The molecule has 7 nitrogen and oxygen atoms in total. The third kappa shape index (κ3) is 3.56. The summed E-state index contributed by atoms with van der Waals surface area (Å²) in [6, 6.07) is 16.8. The minimum atomic E-state index is -0.545. The maximum atomic E-state index is 13.0. The van der Waals surface area contributed by atoms with E-state index in [9.17, 15) is 9.59 Å². The number of rotatable bonds is 5. The zero-order valence-electron chi connectivity index (χ0n) is 17.9. The van der Waals surface area contributed by atoms with Crippen LogP contribution in [0.4, 0.5) is 5.82 Å². The lowest BCUT2D eigenvalue weighted by atomic mass is 9.94. The van der Waals surface area contributed by atoms with Gasteiger partial charge in [-0.3, -0.25) is 9.59 Å². The lowest BCUT2D eigenvalue weighted by Gasteiger charge is -2.16. The molecule has 2 aromatic carbocycles. The van der Waals surface area contributed by atoms with E-state index in [-0.39, 0.29) is 20.0 Å². The van der Waals surface area contributed by atoms with E-state index in [0.717, 1.165) is 29.5 Å². The van der Waals surface area contributed by atoms with Crippen LogP contribution < -0.4 is 14.8 Å². The van der Waals surface area contributed by atoms with Gasteiger partial charge in [0.25, 0.3) is 5.91 Å². The second-order valence-electron chi connectivity index (χ2n) is 8.31. The zero-order valence-corrected chi connectivity index (χ0v) is 17.9. The van der Waals surface area contributed by atoms with Crippen LogP contribution in [0.1, 0.15) is 30.2 Å². The van der Waals surface area contributed by atoms with Crippen molar-refractivity contribution in [2.24, 2.45) is 0 Å².